The first kappa shape index (κ1) is 35.0. The van der Waals surface area contributed by atoms with Gasteiger partial charge in [0.1, 0.15) is 11.8 Å². The summed E-state index contributed by atoms with van der Waals surface area (Å²) in [6, 6.07) is 16.2. The van der Waals surface area contributed by atoms with Crippen LogP contribution >= 0.6 is 7.75 Å². The molecule has 0 radical (unpaired) electrons. The van der Waals surface area contributed by atoms with Gasteiger partial charge >= 0.3 is 13.7 Å². The number of benzene rings is 2. The summed E-state index contributed by atoms with van der Waals surface area (Å²) in [6.45, 7) is 5.38. The van der Waals surface area contributed by atoms with E-state index in [0.717, 1.165) is 12.0 Å². The van der Waals surface area contributed by atoms with Gasteiger partial charge in [-0.15, -0.1) is 0 Å². The van der Waals surface area contributed by atoms with Gasteiger partial charge in [-0.2, -0.15) is 5.09 Å². The van der Waals surface area contributed by atoms with E-state index in [2.05, 4.69) is 36.3 Å². The molecule has 0 saturated heterocycles. The number of para-hydroxylation sites is 1. The molecule has 0 aromatic heterocycles. The van der Waals surface area contributed by atoms with Crippen LogP contribution in [0.4, 0.5) is 0 Å². The second-order valence-electron chi connectivity index (χ2n) is 11.0. The van der Waals surface area contributed by atoms with Gasteiger partial charge in [0.05, 0.1) is 25.9 Å². The molecule has 4 N–H and O–H groups in total. The number of unbranched alkanes of at least 4 members (excludes halogenated alkanes) is 5. The number of esters is 1. The molecular weight excluding hydrogens is 539 g/mol. The first-order valence-electron chi connectivity index (χ1n) is 15.0. The van der Waals surface area contributed by atoms with Crippen molar-refractivity contribution in [3.05, 3.63) is 65.7 Å². The van der Waals surface area contributed by atoms with Crippen LogP contribution in [0.25, 0.3) is 0 Å². The molecule has 0 aliphatic heterocycles. The van der Waals surface area contributed by atoms with Crippen molar-refractivity contribution in [1.29, 1.82) is 0 Å². The lowest BCUT2D eigenvalue weighted by atomic mass is 9.93. The lowest BCUT2D eigenvalue weighted by molar-refractivity contribution is -0.144. The first-order chi connectivity index (χ1) is 19.7. The molecule has 0 saturated carbocycles. The average Bonchev–Trinajstić information content (AvgIpc) is 3.00. The molecular formula is C32H51N2O6P. The summed E-state index contributed by atoms with van der Waals surface area (Å²) in [5.41, 5.74) is 7.77. The van der Waals surface area contributed by atoms with E-state index in [4.69, 9.17) is 19.5 Å². The van der Waals surface area contributed by atoms with Crippen molar-refractivity contribution in [2.24, 2.45) is 11.7 Å². The highest BCUT2D eigenvalue weighted by Crippen LogP contribution is 2.46. The highest BCUT2D eigenvalue weighted by molar-refractivity contribution is 7.52. The van der Waals surface area contributed by atoms with E-state index in [9.17, 15) is 14.5 Å². The topological polar surface area (TPSA) is 120 Å². The molecule has 2 rings (SSSR count). The smallest absolute Gasteiger partial charge is 0.459 e. The van der Waals surface area contributed by atoms with Crippen molar-refractivity contribution in [2.75, 3.05) is 20.3 Å². The normalized spacial score (nSPS) is 15.9. The summed E-state index contributed by atoms with van der Waals surface area (Å²) >= 11 is 0. The van der Waals surface area contributed by atoms with Crippen LogP contribution in [-0.4, -0.2) is 43.0 Å². The molecule has 0 spiro atoms. The number of nitrogens with two attached hydrogens (primary N) is 1. The van der Waals surface area contributed by atoms with Gasteiger partial charge in [0.2, 0.25) is 0 Å². The van der Waals surface area contributed by atoms with E-state index in [1.54, 1.807) is 30.3 Å². The summed E-state index contributed by atoms with van der Waals surface area (Å²) in [7, 11) is -2.83. The lowest BCUT2D eigenvalue weighted by Gasteiger charge is -2.31. The maximum atomic E-state index is 14.0. The molecule has 0 amide bonds. The van der Waals surface area contributed by atoms with Crippen LogP contribution in [0.15, 0.2) is 54.6 Å². The summed E-state index contributed by atoms with van der Waals surface area (Å²) in [4.78, 5) is 12.5. The third-order valence-electron chi connectivity index (χ3n) is 7.52. The van der Waals surface area contributed by atoms with E-state index in [1.807, 2.05) is 13.8 Å². The van der Waals surface area contributed by atoms with Crippen molar-refractivity contribution >= 4 is 13.7 Å². The molecule has 230 valence electrons. The Bertz CT molecular complexity index is 1050. The van der Waals surface area contributed by atoms with Crippen molar-refractivity contribution < 1.29 is 28.3 Å². The molecule has 2 aromatic carbocycles. The molecule has 0 heterocycles. The Hall–Kier alpha value is -2.22. The molecule has 41 heavy (non-hydrogen) atoms. The summed E-state index contributed by atoms with van der Waals surface area (Å²) < 4.78 is 30.5. The van der Waals surface area contributed by atoms with Gasteiger partial charge in [-0.1, -0.05) is 102 Å². The number of hydrogen-bond acceptors (Lipinski definition) is 7. The molecule has 0 bridgehead atoms. The molecule has 9 heteroatoms. The van der Waals surface area contributed by atoms with Crippen molar-refractivity contribution in [1.82, 2.24) is 5.09 Å². The van der Waals surface area contributed by atoms with Crippen LogP contribution in [0, 0.1) is 5.92 Å². The number of carbonyl (C=O) groups excluding carboxylic acids is 1. The Morgan fingerprint density at radius 2 is 1.59 bits per heavy atom. The number of ether oxygens (including phenoxy) is 1. The Labute approximate surface area is 246 Å². The molecule has 2 aromatic rings. The number of methoxy groups -OCH3 is 1. The maximum absolute atomic E-state index is 14.0. The van der Waals surface area contributed by atoms with Gasteiger partial charge in [-0.25, -0.2) is 4.57 Å². The first-order valence-corrected chi connectivity index (χ1v) is 16.5. The molecule has 8 nitrogen and oxygen atoms in total. The Morgan fingerprint density at radius 1 is 0.976 bits per heavy atom. The summed E-state index contributed by atoms with van der Waals surface area (Å²) in [5.74, 6) is -0.465. The molecule has 4 atom stereocenters. The lowest BCUT2D eigenvalue weighted by Crippen LogP contribution is -2.49. The van der Waals surface area contributed by atoms with Crippen LogP contribution in [0.3, 0.4) is 0 Å². The fourth-order valence-electron chi connectivity index (χ4n) is 4.44. The predicted octanol–water partition coefficient (Wildman–Crippen LogP) is 6.59. The zero-order chi connectivity index (χ0) is 30.1. The minimum absolute atomic E-state index is 0.205. The summed E-state index contributed by atoms with van der Waals surface area (Å²) in [5, 5.41) is 13.0. The van der Waals surface area contributed by atoms with E-state index < -0.39 is 25.3 Å². The fourth-order valence-corrected chi connectivity index (χ4v) is 6.15. The molecule has 0 fully saturated rings. The molecule has 0 aliphatic carbocycles. The van der Waals surface area contributed by atoms with E-state index in [0.29, 0.717) is 25.0 Å². The zero-order valence-corrected chi connectivity index (χ0v) is 26.2. The van der Waals surface area contributed by atoms with Gasteiger partial charge < -0.3 is 20.1 Å². The van der Waals surface area contributed by atoms with Crippen LogP contribution in [-0.2, 0) is 31.5 Å². The largest absolute Gasteiger partial charge is 0.468 e. The van der Waals surface area contributed by atoms with Gasteiger partial charge in [-0.3, -0.25) is 9.32 Å². The third-order valence-corrected chi connectivity index (χ3v) is 9.04. The third kappa shape index (κ3) is 12.7. The highest BCUT2D eigenvalue weighted by atomic mass is 31.2. The number of aliphatic hydroxyl groups is 1. The van der Waals surface area contributed by atoms with Crippen LogP contribution in [0.2, 0.25) is 0 Å². The minimum atomic E-state index is -4.11. The van der Waals surface area contributed by atoms with E-state index >= 15 is 0 Å². The standard InChI is InChI=1S/C32H51N2O6P/c1-5-7-8-9-10-12-15-27-18-20-28(21-19-27)22-23-32(33,24-35)25-39-41(37,40-29-16-13-11-14-17-29)34-30(26(3)6-2)31(36)38-4/h11,13-14,16-21,26,30,35H,5-10,12,15,22-25,33H2,1-4H3,(H,34,37). The number of aliphatic hydroxyl groups excluding tert-OH is 1. The van der Waals surface area contributed by atoms with E-state index in [-0.39, 0.29) is 19.1 Å². The highest BCUT2D eigenvalue weighted by Gasteiger charge is 2.39. The Kier molecular flexibility index (Phi) is 15.7. The zero-order valence-electron chi connectivity index (χ0n) is 25.3. The second kappa shape index (κ2) is 18.3. The van der Waals surface area contributed by atoms with E-state index in [1.165, 1.54) is 51.2 Å². The number of carbonyl (C=O) groups is 1. The van der Waals surface area contributed by atoms with Gasteiger partial charge in [0.25, 0.3) is 0 Å². The molecule has 4 unspecified atom stereocenters. The summed E-state index contributed by atoms with van der Waals surface area (Å²) in [6.07, 6.45) is 10.4. The van der Waals surface area contributed by atoms with Crippen molar-refractivity contribution in [3.63, 3.8) is 0 Å². The SMILES string of the molecule is CCCCCCCCc1ccc(CCC(N)(CO)COP(=O)(NC(C(=O)OC)C(C)CC)Oc2ccccc2)cc1. The predicted molar refractivity (Wildman–Crippen MR) is 165 cm³/mol. The molecule has 0 aliphatic rings. The van der Waals surface area contributed by atoms with Crippen molar-refractivity contribution in [2.45, 2.75) is 96.6 Å². The van der Waals surface area contributed by atoms with Gasteiger partial charge in [0, 0.05) is 0 Å². The Balaban J connectivity index is 2.03. The minimum Gasteiger partial charge on any atom is -0.468 e. The van der Waals surface area contributed by atoms with Crippen LogP contribution < -0.4 is 15.3 Å². The number of aryl methyl sites for hydroxylation is 2. The van der Waals surface area contributed by atoms with Gasteiger partial charge in [0.15, 0.2) is 0 Å². The van der Waals surface area contributed by atoms with Gasteiger partial charge in [-0.05, 0) is 54.9 Å². The second-order valence-corrected chi connectivity index (χ2v) is 12.7. The Morgan fingerprint density at radius 3 is 2.17 bits per heavy atom. The number of hydrogen-bond donors (Lipinski definition) is 3. The monoisotopic (exact) mass is 590 g/mol. The van der Waals surface area contributed by atoms with Crippen LogP contribution in [0.1, 0.15) is 83.3 Å². The quantitative estimate of drug-likeness (QED) is 0.0846. The van der Waals surface area contributed by atoms with Crippen molar-refractivity contribution in [3.8, 4) is 5.75 Å². The maximum Gasteiger partial charge on any atom is 0.459 e. The van der Waals surface area contributed by atoms with Crippen LogP contribution in [0.5, 0.6) is 5.75 Å². The number of rotatable bonds is 21. The average molecular weight is 591 g/mol. The number of nitrogens with one attached hydrogen (secondary N) is 1. The fraction of sp³-hybridized carbons (Fsp3) is 0.594.